The van der Waals surface area contributed by atoms with Crippen LogP contribution in [0.4, 0.5) is 0 Å². The van der Waals surface area contributed by atoms with Gasteiger partial charge in [-0.25, -0.2) is 9.97 Å². The van der Waals surface area contributed by atoms with Crippen LogP contribution in [0.25, 0.3) is 11.4 Å². The highest BCUT2D eigenvalue weighted by molar-refractivity contribution is 9.10. The number of benzene rings is 1. The number of aromatic nitrogens is 2. The molecule has 0 atom stereocenters. The smallest absolute Gasteiger partial charge is 0.159 e. The molecule has 0 aliphatic carbocycles. The van der Waals surface area contributed by atoms with Gasteiger partial charge in [-0.2, -0.15) is 0 Å². The molecule has 0 unspecified atom stereocenters. The maximum Gasteiger partial charge on any atom is 0.159 e. The molecule has 0 aliphatic rings. The summed E-state index contributed by atoms with van der Waals surface area (Å²) >= 11 is 3.56. The highest BCUT2D eigenvalue weighted by atomic mass is 79.9. The minimum absolute atomic E-state index is 0.447. The Balaban J connectivity index is 2.33. The molecule has 3 nitrogen and oxygen atoms in total. The fraction of sp³-hybridized carbons (Fsp3) is 0.375. The average molecular weight is 334 g/mol. The number of nitrogens with one attached hydrogen (secondary N) is 1. The Kier molecular flexibility index (Phi) is 4.89. The van der Waals surface area contributed by atoms with Crippen LogP contribution in [0.3, 0.4) is 0 Å². The van der Waals surface area contributed by atoms with E-state index in [0.29, 0.717) is 6.04 Å². The molecule has 1 N–H and O–H groups in total. The van der Waals surface area contributed by atoms with Crippen molar-refractivity contribution in [3.05, 3.63) is 45.7 Å². The van der Waals surface area contributed by atoms with E-state index in [1.54, 1.807) is 0 Å². The molecule has 0 saturated heterocycles. The molecule has 1 heterocycles. The largest absolute Gasteiger partial charge is 0.309 e. The Morgan fingerprint density at radius 1 is 1.15 bits per heavy atom. The summed E-state index contributed by atoms with van der Waals surface area (Å²) in [5, 5.41) is 3.39. The number of halogens is 1. The number of hydrogen-bond donors (Lipinski definition) is 1. The molecular weight excluding hydrogens is 314 g/mol. The third-order valence-electron chi connectivity index (χ3n) is 3.03. The van der Waals surface area contributed by atoms with Crippen molar-refractivity contribution in [3.8, 4) is 11.4 Å². The summed E-state index contributed by atoms with van der Waals surface area (Å²) in [6, 6.07) is 8.69. The van der Waals surface area contributed by atoms with Gasteiger partial charge in [0.1, 0.15) is 0 Å². The summed E-state index contributed by atoms with van der Waals surface area (Å²) in [4.78, 5) is 9.19. The van der Waals surface area contributed by atoms with Crippen LogP contribution in [-0.2, 0) is 6.54 Å². The third-order valence-corrected chi connectivity index (χ3v) is 3.88. The first-order valence-corrected chi connectivity index (χ1v) is 7.59. The molecule has 2 aromatic rings. The lowest BCUT2D eigenvalue weighted by Gasteiger charge is -2.10. The number of hydrogen-bond acceptors (Lipinski definition) is 3. The third kappa shape index (κ3) is 3.87. The van der Waals surface area contributed by atoms with E-state index in [9.17, 15) is 0 Å². The van der Waals surface area contributed by atoms with Gasteiger partial charge in [-0.05, 0) is 31.5 Å². The fourth-order valence-electron chi connectivity index (χ4n) is 1.89. The molecule has 4 heteroatoms. The molecule has 0 aliphatic heterocycles. The molecule has 1 aromatic carbocycles. The van der Waals surface area contributed by atoms with E-state index in [4.69, 9.17) is 0 Å². The highest BCUT2D eigenvalue weighted by Crippen LogP contribution is 2.23. The summed E-state index contributed by atoms with van der Waals surface area (Å²) in [6.07, 6.45) is 0. The molecule has 0 bridgehead atoms. The number of rotatable bonds is 4. The monoisotopic (exact) mass is 333 g/mol. The summed E-state index contributed by atoms with van der Waals surface area (Å²) < 4.78 is 1.09. The molecule has 106 valence electrons. The van der Waals surface area contributed by atoms with Crippen LogP contribution in [-0.4, -0.2) is 16.0 Å². The summed E-state index contributed by atoms with van der Waals surface area (Å²) in [5.41, 5.74) is 4.27. The average Bonchev–Trinajstić information content (AvgIpc) is 2.39. The first kappa shape index (κ1) is 15.1. The van der Waals surface area contributed by atoms with Gasteiger partial charge in [-0.15, -0.1) is 0 Å². The SMILES string of the molecule is Cc1cc(CNC(C)C)nc(-c2ccc(C)c(Br)c2)n1. The Morgan fingerprint density at radius 3 is 2.55 bits per heavy atom. The molecule has 0 radical (unpaired) electrons. The molecule has 0 spiro atoms. The maximum absolute atomic E-state index is 4.65. The second-order valence-corrected chi connectivity index (χ2v) is 6.18. The lowest BCUT2D eigenvalue weighted by atomic mass is 10.1. The van der Waals surface area contributed by atoms with Crippen molar-refractivity contribution in [2.75, 3.05) is 0 Å². The summed E-state index contributed by atoms with van der Waals surface area (Å²) in [7, 11) is 0. The highest BCUT2D eigenvalue weighted by Gasteiger charge is 2.07. The zero-order valence-electron chi connectivity index (χ0n) is 12.4. The zero-order chi connectivity index (χ0) is 14.7. The molecule has 2 rings (SSSR count). The van der Waals surface area contributed by atoms with Crippen LogP contribution in [0.15, 0.2) is 28.7 Å². The van der Waals surface area contributed by atoms with Gasteiger partial charge >= 0.3 is 0 Å². The van der Waals surface area contributed by atoms with Crippen molar-refractivity contribution in [1.29, 1.82) is 0 Å². The van der Waals surface area contributed by atoms with E-state index in [-0.39, 0.29) is 0 Å². The van der Waals surface area contributed by atoms with Crippen LogP contribution in [0.1, 0.15) is 30.8 Å². The van der Waals surface area contributed by atoms with Crippen molar-refractivity contribution in [2.45, 2.75) is 40.3 Å². The van der Waals surface area contributed by atoms with Gasteiger partial charge in [0.25, 0.3) is 0 Å². The topological polar surface area (TPSA) is 37.8 Å². The van der Waals surface area contributed by atoms with Gasteiger partial charge in [0.05, 0.1) is 5.69 Å². The van der Waals surface area contributed by atoms with Crippen molar-refractivity contribution in [3.63, 3.8) is 0 Å². The lowest BCUT2D eigenvalue weighted by molar-refractivity contribution is 0.580. The second-order valence-electron chi connectivity index (χ2n) is 5.32. The van der Waals surface area contributed by atoms with Gasteiger partial charge < -0.3 is 5.32 Å². The number of aryl methyl sites for hydroxylation is 2. The number of nitrogens with zero attached hydrogens (tertiary/aromatic N) is 2. The molecule has 1 aromatic heterocycles. The lowest BCUT2D eigenvalue weighted by Crippen LogP contribution is -2.22. The second kappa shape index (κ2) is 6.46. The van der Waals surface area contributed by atoms with Crippen LogP contribution in [0, 0.1) is 13.8 Å². The Bertz CT molecular complexity index is 609. The standard InChI is InChI=1S/C16H20BrN3/c1-10(2)18-9-14-7-12(4)19-16(20-14)13-6-5-11(3)15(17)8-13/h5-8,10,18H,9H2,1-4H3. The Labute approximate surface area is 129 Å². The predicted octanol–water partition coefficient (Wildman–Crippen LogP) is 4.02. The minimum Gasteiger partial charge on any atom is -0.309 e. The normalized spacial score (nSPS) is 11.1. The van der Waals surface area contributed by atoms with Gasteiger partial charge in [0, 0.05) is 28.3 Å². The summed E-state index contributed by atoms with van der Waals surface area (Å²) in [5.74, 6) is 0.784. The van der Waals surface area contributed by atoms with E-state index in [1.165, 1.54) is 5.56 Å². The molecule has 0 saturated carbocycles. The van der Waals surface area contributed by atoms with Crippen LogP contribution >= 0.6 is 15.9 Å². The van der Waals surface area contributed by atoms with Crippen molar-refractivity contribution < 1.29 is 0 Å². The Hall–Kier alpha value is -1.26. The van der Waals surface area contributed by atoms with Crippen LogP contribution < -0.4 is 5.32 Å². The van der Waals surface area contributed by atoms with Gasteiger partial charge in [0.2, 0.25) is 0 Å². The fourth-order valence-corrected chi connectivity index (χ4v) is 2.27. The molecular formula is C16H20BrN3. The molecule has 20 heavy (non-hydrogen) atoms. The van der Waals surface area contributed by atoms with Crippen molar-refractivity contribution in [2.24, 2.45) is 0 Å². The van der Waals surface area contributed by atoms with Gasteiger partial charge in [-0.3, -0.25) is 0 Å². The predicted molar refractivity (Wildman–Crippen MR) is 86.6 cm³/mol. The van der Waals surface area contributed by atoms with Crippen molar-refractivity contribution in [1.82, 2.24) is 15.3 Å². The van der Waals surface area contributed by atoms with E-state index in [1.807, 2.05) is 13.0 Å². The van der Waals surface area contributed by atoms with E-state index in [0.717, 1.165) is 33.8 Å². The van der Waals surface area contributed by atoms with E-state index in [2.05, 4.69) is 70.2 Å². The minimum atomic E-state index is 0.447. The van der Waals surface area contributed by atoms with Crippen molar-refractivity contribution >= 4 is 15.9 Å². The van der Waals surface area contributed by atoms with E-state index >= 15 is 0 Å². The first-order chi connectivity index (χ1) is 9.45. The van der Waals surface area contributed by atoms with E-state index < -0.39 is 0 Å². The quantitative estimate of drug-likeness (QED) is 0.918. The zero-order valence-corrected chi connectivity index (χ0v) is 14.0. The Morgan fingerprint density at radius 2 is 1.90 bits per heavy atom. The first-order valence-electron chi connectivity index (χ1n) is 6.80. The van der Waals surface area contributed by atoms with Gasteiger partial charge in [-0.1, -0.05) is 41.9 Å². The van der Waals surface area contributed by atoms with Crippen LogP contribution in [0.2, 0.25) is 0 Å². The van der Waals surface area contributed by atoms with Gasteiger partial charge in [0.15, 0.2) is 5.82 Å². The molecule has 0 fully saturated rings. The molecule has 0 amide bonds. The summed E-state index contributed by atoms with van der Waals surface area (Å²) in [6.45, 7) is 9.11. The maximum atomic E-state index is 4.65. The van der Waals surface area contributed by atoms with Crippen LogP contribution in [0.5, 0.6) is 0 Å².